The summed E-state index contributed by atoms with van der Waals surface area (Å²) in [7, 11) is 1.75. The summed E-state index contributed by atoms with van der Waals surface area (Å²) in [6.07, 6.45) is 2.25. The number of nitrogens with zero attached hydrogens (tertiary/aromatic N) is 2. The number of rotatable bonds is 5. The fourth-order valence-corrected chi connectivity index (χ4v) is 3.91. The van der Waals surface area contributed by atoms with E-state index in [4.69, 9.17) is 0 Å². The number of hydrogen-bond donors (Lipinski definition) is 1. The van der Waals surface area contributed by atoms with Gasteiger partial charge in [-0.1, -0.05) is 13.3 Å². The minimum Gasteiger partial charge on any atom is -0.481 e. The third-order valence-electron chi connectivity index (χ3n) is 4.47. The van der Waals surface area contributed by atoms with Crippen molar-refractivity contribution in [3.63, 3.8) is 0 Å². The molecule has 1 aromatic heterocycles. The summed E-state index contributed by atoms with van der Waals surface area (Å²) in [5.74, 6) is -1.46. The molecule has 1 heterocycles. The van der Waals surface area contributed by atoms with Crippen LogP contribution in [0.5, 0.6) is 0 Å². The Bertz CT molecular complexity index is 529. The summed E-state index contributed by atoms with van der Waals surface area (Å²) < 4.78 is 0. The lowest BCUT2D eigenvalue weighted by atomic mass is 9.95. The minimum atomic E-state index is -0.841. The van der Waals surface area contributed by atoms with E-state index < -0.39 is 11.9 Å². The van der Waals surface area contributed by atoms with Crippen molar-refractivity contribution < 1.29 is 14.7 Å². The van der Waals surface area contributed by atoms with Gasteiger partial charge in [-0.2, -0.15) is 0 Å². The molecule has 3 atom stereocenters. The van der Waals surface area contributed by atoms with Crippen molar-refractivity contribution in [2.24, 2.45) is 17.8 Å². The van der Waals surface area contributed by atoms with Crippen molar-refractivity contribution in [1.82, 2.24) is 9.88 Å². The first-order chi connectivity index (χ1) is 9.93. The van der Waals surface area contributed by atoms with E-state index in [0.29, 0.717) is 25.3 Å². The van der Waals surface area contributed by atoms with E-state index in [2.05, 4.69) is 11.9 Å². The van der Waals surface area contributed by atoms with Gasteiger partial charge in [0.05, 0.1) is 29.6 Å². The lowest BCUT2D eigenvalue weighted by Crippen LogP contribution is -2.36. The predicted octanol–water partition coefficient (Wildman–Crippen LogP) is 2.55. The zero-order chi connectivity index (χ0) is 15.6. The molecule has 6 heteroatoms. The molecule has 0 aliphatic heterocycles. The minimum absolute atomic E-state index is 0.0499. The molecular weight excluding hydrogens is 288 g/mol. The quantitative estimate of drug-likeness (QED) is 0.907. The van der Waals surface area contributed by atoms with Crippen LogP contribution in [0.1, 0.15) is 36.8 Å². The highest BCUT2D eigenvalue weighted by Gasteiger charge is 2.43. The molecule has 21 heavy (non-hydrogen) atoms. The third kappa shape index (κ3) is 3.43. The maximum Gasteiger partial charge on any atom is 0.307 e. The fourth-order valence-electron chi connectivity index (χ4n) is 3.08. The Hall–Kier alpha value is -1.43. The van der Waals surface area contributed by atoms with Gasteiger partial charge in [-0.25, -0.2) is 4.98 Å². The lowest BCUT2D eigenvalue weighted by molar-refractivity contribution is -0.148. The van der Waals surface area contributed by atoms with Crippen molar-refractivity contribution in [3.8, 4) is 0 Å². The van der Waals surface area contributed by atoms with Crippen LogP contribution in [0.2, 0.25) is 0 Å². The van der Waals surface area contributed by atoms with Gasteiger partial charge in [0.2, 0.25) is 5.91 Å². The summed E-state index contributed by atoms with van der Waals surface area (Å²) in [4.78, 5) is 30.9. The van der Waals surface area contributed by atoms with E-state index in [1.54, 1.807) is 17.5 Å². The lowest BCUT2D eigenvalue weighted by Gasteiger charge is -2.23. The van der Waals surface area contributed by atoms with Crippen LogP contribution in [0.4, 0.5) is 0 Å². The van der Waals surface area contributed by atoms with Crippen molar-refractivity contribution in [3.05, 3.63) is 16.1 Å². The highest BCUT2D eigenvalue weighted by atomic mass is 32.1. The largest absolute Gasteiger partial charge is 0.481 e. The molecule has 0 spiro atoms. The van der Waals surface area contributed by atoms with Crippen LogP contribution >= 0.6 is 11.3 Å². The zero-order valence-corrected chi connectivity index (χ0v) is 13.5. The molecule has 0 aromatic carbocycles. The zero-order valence-electron chi connectivity index (χ0n) is 12.7. The number of carbonyl (C=O) groups excluding carboxylic acids is 1. The van der Waals surface area contributed by atoms with Gasteiger partial charge in [0.25, 0.3) is 0 Å². The SMILES string of the molecule is CCC1CC(C(=O)O)C(C(=O)N(C)Cc2scnc2C)C1. The molecule has 0 radical (unpaired) electrons. The van der Waals surface area contributed by atoms with Gasteiger partial charge >= 0.3 is 5.97 Å². The number of carbonyl (C=O) groups is 2. The van der Waals surface area contributed by atoms with Gasteiger partial charge in [0.15, 0.2) is 0 Å². The average molecular weight is 310 g/mol. The Morgan fingerprint density at radius 1 is 1.43 bits per heavy atom. The molecule has 1 fully saturated rings. The Labute approximate surface area is 129 Å². The maximum absolute atomic E-state index is 12.6. The summed E-state index contributed by atoms with van der Waals surface area (Å²) in [6, 6.07) is 0. The number of amides is 1. The summed E-state index contributed by atoms with van der Waals surface area (Å²) in [5, 5.41) is 9.35. The van der Waals surface area contributed by atoms with Crippen molar-refractivity contribution in [1.29, 1.82) is 0 Å². The molecular formula is C15H22N2O3S. The van der Waals surface area contributed by atoms with Gasteiger partial charge in [-0.15, -0.1) is 11.3 Å². The van der Waals surface area contributed by atoms with E-state index in [9.17, 15) is 14.7 Å². The van der Waals surface area contributed by atoms with E-state index in [1.807, 2.05) is 6.92 Å². The van der Waals surface area contributed by atoms with Crippen LogP contribution < -0.4 is 0 Å². The number of aromatic nitrogens is 1. The van der Waals surface area contributed by atoms with E-state index in [1.165, 1.54) is 11.3 Å². The van der Waals surface area contributed by atoms with Crippen molar-refractivity contribution in [2.75, 3.05) is 7.05 Å². The second-order valence-corrected chi connectivity index (χ2v) is 6.79. The Morgan fingerprint density at radius 2 is 2.10 bits per heavy atom. The van der Waals surface area contributed by atoms with Crippen molar-refractivity contribution in [2.45, 2.75) is 39.7 Å². The van der Waals surface area contributed by atoms with Gasteiger partial charge < -0.3 is 10.0 Å². The Kier molecular flexibility index (Phi) is 4.98. The molecule has 1 amide bonds. The topological polar surface area (TPSA) is 70.5 Å². The smallest absolute Gasteiger partial charge is 0.307 e. The molecule has 1 aliphatic rings. The summed E-state index contributed by atoms with van der Waals surface area (Å²) in [5.41, 5.74) is 2.71. The number of carboxylic acids is 1. The predicted molar refractivity (Wildman–Crippen MR) is 81.0 cm³/mol. The van der Waals surface area contributed by atoms with Gasteiger partial charge in [0.1, 0.15) is 0 Å². The number of thiazole rings is 1. The number of carboxylic acid groups (broad SMARTS) is 1. The number of hydrogen-bond acceptors (Lipinski definition) is 4. The van der Waals surface area contributed by atoms with E-state index in [-0.39, 0.29) is 11.8 Å². The summed E-state index contributed by atoms with van der Waals surface area (Å²) >= 11 is 1.53. The number of aliphatic carboxylic acids is 1. The molecule has 116 valence electrons. The second-order valence-electron chi connectivity index (χ2n) is 5.85. The molecule has 2 rings (SSSR count). The second kappa shape index (κ2) is 6.56. The maximum atomic E-state index is 12.6. The van der Waals surface area contributed by atoms with E-state index >= 15 is 0 Å². The first kappa shape index (κ1) is 15.9. The first-order valence-corrected chi connectivity index (χ1v) is 8.18. The molecule has 0 bridgehead atoms. The third-order valence-corrected chi connectivity index (χ3v) is 5.39. The van der Waals surface area contributed by atoms with Crippen molar-refractivity contribution >= 4 is 23.2 Å². The molecule has 1 saturated carbocycles. The van der Waals surface area contributed by atoms with Crippen LogP contribution in [-0.2, 0) is 16.1 Å². The molecule has 3 unspecified atom stereocenters. The Balaban J connectivity index is 2.07. The highest BCUT2D eigenvalue weighted by Crippen LogP contribution is 2.39. The molecule has 1 aliphatic carbocycles. The average Bonchev–Trinajstić information content (AvgIpc) is 3.05. The van der Waals surface area contributed by atoms with Crippen LogP contribution in [0.25, 0.3) is 0 Å². The van der Waals surface area contributed by atoms with Gasteiger partial charge in [0, 0.05) is 11.9 Å². The first-order valence-electron chi connectivity index (χ1n) is 7.30. The van der Waals surface area contributed by atoms with Crippen LogP contribution in [-0.4, -0.2) is 33.9 Å². The number of aryl methyl sites for hydroxylation is 1. The van der Waals surface area contributed by atoms with Gasteiger partial charge in [-0.05, 0) is 25.7 Å². The fraction of sp³-hybridized carbons (Fsp3) is 0.667. The molecule has 0 saturated heterocycles. The normalized spacial score (nSPS) is 25.0. The Morgan fingerprint density at radius 3 is 2.62 bits per heavy atom. The molecule has 1 aromatic rings. The standard InChI is InChI=1S/C15H22N2O3S/c1-4-10-5-11(12(6-10)15(19)20)14(18)17(3)7-13-9(2)16-8-21-13/h8,10-12H,4-7H2,1-3H3,(H,19,20). The van der Waals surface area contributed by atoms with Crippen LogP contribution in [0.15, 0.2) is 5.51 Å². The summed E-state index contributed by atoms with van der Waals surface area (Å²) in [6.45, 7) is 4.49. The van der Waals surface area contributed by atoms with Gasteiger partial charge in [-0.3, -0.25) is 9.59 Å². The monoisotopic (exact) mass is 310 g/mol. The molecule has 5 nitrogen and oxygen atoms in total. The molecule has 1 N–H and O–H groups in total. The highest BCUT2D eigenvalue weighted by molar-refractivity contribution is 7.09. The van der Waals surface area contributed by atoms with Crippen LogP contribution in [0.3, 0.4) is 0 Å². The van der Waals surface area contributed by atoms with E-state index in [0.717, 1.165) is 17.0 Å². The van der Waals surface area contributed by atoms with Crippen LogP contribution in [0, 0.1) is 24.7 Å².